The van der Waals surface area contributed by atoms with Gasteiger partial charge in [-0.3, -0.25) is 9.10 Å². The van der Waals surface area contributed by atoms with Gasteiger partial charge in [-0.15, -0.1) is 0 Å². The average molecular weight is 439 g/mol. The number of benzene rings is 3. The lowest BCUT2D eigenvalue weighted by Gasteiger charge is -2.23. The van der Waals surface area contributed by atoms with E-state index in [0.717, 1.165) is 0 Å². The molecule has 0 spiro atoms. The van der Waals surface area contributed by atoms with Crippen molar-refractivity contribution in [2.24, 2.45) is 0 Å². The minimum Gasteiger partial charge on any atom is -0.481 e. The van der Waals surface area contributed by atoms with Crippen molar-refractivity contribution in [2.45, 2.75) is 31.3 Å². The highest BCUT2D eigenvalue weighted by Crippen LogP contribution is 2.24. The topological polar surface area (TPSA) is 75.7 Å². The first-order valence-electron chi connectivity index (χ1n) is 10.2. The molecule has 162 valence electrons. The summed E-state index contributed by atoms with van der Waals surface area (Å²) < 4.78 is 33.3. The van der Waals surface area contributed by atoms with Gasteiger partial charge < -0.3 is 10.1 Å². The molecule has 1 N–H and O–H groups in total. The zero-order valence-corrected chi connectivity index (χ0v) is 18.4. The number of sulfonamides is 1. The van der Waals surface area contributed by atoms with Gasteiger partial charge in [0.05, 0.1) is 10.6 Å². The second kappa shape index (κ2) is 10.1. The van der Waals surface area contributed by atoms with E-state index in [4.69, 9.17) is 4.74 Å². The van der Waals surface area contributed by atoms with Gasteiger partial charge in [-0.05, 0) is 61.9 Å². The molecule has 6 nitrogen and oxygen atoms in total. The molecule has 0 saturated carbocycles. The van der Waals surface area contributed by atoms with Crippen LogP contribution in [-0.4, -0.2) is 27.0 Å². The standard InChI is InChI=1S/C24H26N2O4S/c1-3-23(30-21-13-9-6-10-14-21)24(27)25-19-15-17-22(18-16-19)31(28,29)26(4-2)20-11-7-5-8-12-20/h5-18,23H,3-4H2,1-2H3,(H,25,27). The molecule has 31 heavy (non-hydrogen) atoms. The van der Waals surface area contributed by atoms with Gasteiger partial charge in [0.2, 0.25) is 0 Å². The zero-order chi connectivity index (χ0) is 22.3. The third kappa shape index (κ3) is 5.44. The molecule has 3 aromatic rings. The number of hydrogen-bond acceptors (Lipinski definition) is 4. The maximum atomic E-state index is 13.1. The number of anilines is 2. The molecule has 1 amide bonds. The quantitative estimate of drug-likeness (QED) is 0.526. The number of amides is 1. The van der Waals surface area contributed by atoms with Crippen LogP contribution >= 0.6 is 0 Å². The van der Waals surface area contributed by atoms with Gasteiger partial charge >= 0.3 is 0 Å². The first-order chi connectivity index (χ1) is 15.0. The number of nitrogens with one attached hydrogen (secondary N) is 1. The highest BCUT2D eigenvalue weighted by molar-refractivity contribution is 7.92. The summed E-state index contributed by atoms with van der Waals surface area (Å²) in [6, 6.07) is 24.3. The highest BCUT2D eigenvalue weighted by atomic mass is 32.2. The normalized spacial score (nSPS) is 12.1. The van der Waals surface area contributed by atoms with Gasteiger partial charge in [0, 0.05) is 12.2 Å². The number of nitrogens with zero attached hydrogens (tertiary/aromatic N) is 1. The van der Waals surface area contributed by atoms with E-state index >= 15 is 0 Å². The monoisotopic (exact) mass is 438 g/mol. The van der Waals surface area contributed by atoms with E-state index in [-0.39, 0.29) is 10.8 Å². The Kier molecular flexibility index (Phi) is 7.31. The third-order valence-electron chi connectivity index (χ3n) is 4.73. The van der Waals surface area contributed by atoms with Crippen LogP contribution in [0.25, 0.3) is 0 Å². The van der Waals surface area contributed by atoms with E-state index in [1.165, 1.54) is 16.4 Å². The molecule has 0 fully saturated rings. The molecule has 0 radical (unpaired) electrons. The molecule has 7 heteroatoms. The number of para-hydroxylation sites is 2. The zero-order valence-electron chi connectivity index (χ0n) is 17.6. The van der Waals surface area contributed by atoms with Gasteiger partial charge in [-0.25, -0.2) is 8.42 Å². The maximum Gasteiger partial charge on any atom is 0.265 e. The van der Waals surface area contributed by atoms with Crippen molar-refractivity contribution < 1.29 is 17.9 Å². The van der Waals surface area contributed by atoms with Crippen molar-refractivity contribution in [2.75, 3.05) is 16.2 Å². The van der Waals surface area contributed by atoms with Crippen molar-refractivity contribution in [3.05, 3.63) is 84.9 Å². The van der Waals surface area contributed by atoms with Crippen LogP contribution in [0.2, 0.25) is 0 Å². The molecule has 0 heterocycles. The molecular formula is C24H26N2O4S. The molecule has 1 atom stereocenters. The van der Waals surface area contributed by atoms with Crippen LogP contribution < -0.4 is 14.4 Å². The lowest BCUT2D eigenvalue weighted by Crippen LogP contribution is -2.32. The minimum absolute atomic E-state index is 0.156. The van der Waals surface area contributed by atoms with E-state index in [0.29, 0.717) is 30.1 Å². The van der Waals surface area contributed by atoms with Gasteiger partial charge in [-0.1, -0.05) is 43.3 Å². The molecule has 3 rings (SSSR count). The van der Waals surface area contributed by atoms with Crippen LogP contribution in [0.3, 0.4) is 0 Å². The van der Waals surface area contributed by atoms with Crippen molar-refractivity contribution in [1.82, 2.24) is 0 Å². The number of hydrogen-bond donors (Lipinski definition) is 1. The Morgan fingerprint density at radius 3 is 2.03 bits per heavy atom. The van der Waals surface area contributed by atoms with E-state index in [1.54, 1.807) is 55.5 Å². The Morgan fingerprint density at radius 1 is 0.903 bits per heavy atom. The van der Waals surface area contributed by atoms with Crippen molar-refractivity contribution in [3.63, 3.8) is 0 Å². The first kappa shape index (κ1) is 22.4. The maximum absolute atomic E-state index is 13.1. The molecule has 0 aliphatic heterocycles. The fraction of sp³-hybridized carbons (Fsp3) is 0.208. The summed E-state index contributed by atoms with van der Waals surface area (Å²) in [6.07, 6.45) is -0.158. The molecular weight excluding hydrogens is 412 g/mol. The summed E-state index contributed by atoms with van der Waals surface area (Å²) in [6.45, 7) is 3.96. The summed E-state index contributed by atoms with van der Waals surface area (Å²) in [7, 11) is -3.72. The summed E-state index contributed by atoms with van der Waals surface area (Å²) in [5.41, 5.74) is 1.10. The Morgan fingerprint density at radius 2 is 1.48 bits per heavy atom. The predicted molar refractivity (Wildman–Crippen MR) is 123 cm³/mol. The largest absolute Gasteiger partial charge is 0.481 e. The second-order valence-electron chi connectivity index (χ2n) is 6.85. The predicted octanol–water partition coefficient (Wildman–Crippen LogP) is 4.70. The lowest BCUT2D eigenvalue weighted by molar-refractivity contribution is -0.122. The molecule has 0 aromatic heterocycles. The van der Waals surface area contributed by atoms with E-state index < -0.39 is 16.1 Å². The van der Waals surface area contributed by atoms with Crippen LogP contribution in [0.5, 0.6) is 5.75 Å². The summed E-state index contributed by atoms with van der Waals surface area (Å²) in [5, 5.41) is 2.79. The molecule has 0 bridgehead atoms. The van der Waals surface area contributed by atoms with Crippen LogP contribution in [-0.2, 0) is 14.8 Å². The van der Waals surface area contributed by atoms with Crippen molar-refractivity contribution in [3.8, 4) is 5.75 Å². The molecule has 0 saturated heterocycles. The minimum atomic E-state index is -3.72. The van der Waals surface area contributed by atoms with E-state index in [9.17, 15) is 13.2 Å². The van der Waals surface area contributed by atoms with Gasteiger partial charge in [0.1, 0.15) is 5.75 Å². The number of carbonyl (C=O) groups excluding carboxylic acids is 1. The van der Waals surface area contributed by atoms with Gasteiger partial charge in [0.25, 0.3) is 15.9 Å². The summed E-state index contributed by atoms with van der Waals surface area (Å²) in [5.74, 6) is 0.327. The number of carbonyl (C=O) groups is 1. The Bertz CT molecular complexity index is 1090. The van der Waals surface area contributed by atoms with Gasteiger partial charge in [-0.2, -0.15) is 0 Å². The molecule has 0 aliphatic carbocycles. The van der Waals surface area contributed by atoms with Crippen molar-refractivity contribution in [1.29, 1.82) is 0 Å². The van der Waals surface area contributed by atoms with Crippen LogP contribution in [0.4, 0.5) is 11.4 Å². The van der Waals surface area contributed by atoms with Crippen molar-refractivity contribution >= 4 is 27.3 Å². The summed E-state index contributed by atoms with van der Waals surface area (Å²) >= 11 is 0. The Hall–Kier alpha value is -3.32. The average Bonchev–Trinajstić information content (AvgIpc) is 2.79. The number of rotatable bonds is 9. The SMILES string of the molecule is CCC(Oc1ccccc1)C(=O)Nc1ccc(S(=O)(=O)N(CC)c2ccccc2)cc1. The van der Waals surface area contributed by atoms with Crippen LogP contribution in [0.1, 0.15) is 20.3 Å². The Balaban J connectivity index is 1.72. The summed E-state index contributed by atoms with van der Waals surface area (Å²) in [4.78, 5) is 12.8. The van der Waals surface area contributed by atoms with E-state index in [1.807, 2.05) is 31.2 Å². The molecule has 0 aliphatic rings. The highest BCUT2D eigenvalue weighted by Gasteiger charge is 2.24. The second-order valence-corrected chi connectivity index (χ2v) is 8.71. The lowest BCUT2D eigenvalue weighted by atomic mass is 10.2. The van der Waals surface area contributed by atoms with Gasteiger partial charge in [0.15, 0.2) is 6.10 Å². The van der Waals surface area contributed by atoms with Crippen LogP contribution in [0, 0.1) is 0 Å². The fourth-order valence-corrected chi connectivity index (χ4v) is 4.61. The molecule has 1 unspecified atom stereocenters. The Labute approximate surface area is 183 Å². The fourth-order valence-electron chi connectivity index (χ4n) is 3.13. The first-order valence-corrected chi connectivity index (χ1v) is 11.6. The van der Waals surface area contributed by atoms with E-state index in [2.05, 4.69) is 5.32 Å². The third-order valence-corrected chi connectivity index (χ3v) is 6.64. The smallest absolute Gasteiger partial charge is 0.265 e. The van der Waals surface area contributed by atoms with Crippen LogP contribution in [0.15, 0.2) is 89.8 Å². The number of ether oxygens (including phenoxy) is 1. The molecule has 3 aromatic carbocycles.